The molecule has 1 N–H and O–H groups in total. The van der Waals surface area contributed by atoms with Crippen molar-refractivity contribution in [1.29, 1.82) is 0 Å². The number of halogens is 3. The van der Waals surface area contributed by atoms with Gasteiger partial charge in [0.2, 0.25) is 3.79 Å². The fraction of sp³-hybridized carbons (Fsp3) is 0.900. The molecule has 1 fully saturated rings. The average molecular weight is 353 g/mol. The summed E-state index contributed by atoms with van der Waals surface area (Å²) in [6, 6.07) is 0. The third-order valence-electron chi connectivity index (χ3n) is 3.09. The van der Waals surface area contributed by atoms with Crippen LogP contribution in [0.25, 0.3) is 0 Å². The molecule has 1 saturated carbocycles. The number of hydrogen-bond acceptors (Lipinski definition) is 4. The van der Waals surface area contributed by atoms with Crippen LogP contribution < -0.4 is 4.72 Å². The third kappa shape index (κ3) is 5.36. The smallest absolute Gasteiger partial charge is 0.298 e. The van der Waals surface area contributed by atoms with Gasteiger partial charge in [0, 0.05) is 6.42 Å². The maximum absolute atomic E-state index is 12.0. The van der Waals surface area contributed by atoms with Gasteiger partial charge in [-0.3, -0.25) is 8.98 Å². The van der Waals surface area contributed by atoms with Crippen LogP contribution in [0.3, 0.4) is 0 Å². The van der Waals surface area contributed by atoms with Gasteiger partial charge in [-0.15, -0.1) is 0 Å². The molecule has 9 heteroatoms. The molecular formula is C10H16Cl3NO4S. The number of hydrogen-bond donors (Lipinski definition) is 1. The van der Waals surface area contributed by atoms with Gasteiger partial charge in [-0.2, -0.15) is 13.1 Å². The van der Waals surface area contributed by atoms with Gasteiger partial charge in [0.25, 0.3) is 0 Å². The molecule has 0 saturated heterocycles. The Morgan fingerprint density at radius 2 is 2.00 bits per heavy atom. The first-order valence-corrected chi connectivity index (χ1v) is 8.43. The lowest BCUT2D eigenvalue weighted by molar-refractivity contribution is -0.127. The standard InChI is InChI=1S/C10H16Cl3NO4S/c1-2-9(6-4-3-5-8(9)15)14-19(16,17)18-7-10(11,12)13/h14H,2-7H2,1H3. The van der Waals surface area contributed by atoms with Crippen molar-refractivity contribution in [3.8, 4) is 0 Å². The van der Waals surface area contributed by atoms with Crippen molar-refractivity contribution in [3.63, 3.8) is 0 Å². The summed E-state index contributed by atoms with van der Waals surface area (Å²) in [6.45, 7) is 1.14. The summed E-state index contributed by atoms with van der Waals surface area (Å²) < 4.78 is 28.6. The van der Waals surface area contributed by atoms with Crippen LogP contribution in [0.15, 0.2) is 0 Å². The van der Waals surface area contributed by atoms with Gasteiger partial charge in [-0.1, -0.05) is 48.1 Å². The molecule has 0 aliphatic heterocycles. The molecule has 0 spiro atoms. The summed E-state index contributed by atoms with van der Waals surface area (Å²) in [5.74, 6) is -0.123. The van der Waals surface area contributed by atoms with Crippen LogP contribution in [0, 0.1) is 0 Å². The normalized spacial score (nSPS) is 25.6. The molecule has 1 aliphatic rings. The van der Waals surface area contributed by atoms with Crippen LogP contribution in [-0.2, 0) is 19.3 Å². The molecule has 1 rings (SSSR count). The van der Waals surface area contributed by atoms with E-state index in [9.17, 15) is 13.2 Å². The van der Waals surface area contributed by atoms with Crippen molar-refractivity contribution in [2.24, 2.45) is 0 Å². The first kappa shape index (κ1) is 17.5. The SMILES string of the molecule is CCC1(NS(=O)(=O)OCC(Cl)(Cl)Cl)CCCCC1=O. The van der Waals surface area contributed by atoms with Crippen LogP contribution >= 0.6 is 34.8 Å². The number of nitrogens with one attached hydrogen (secondary N) is 1. The Morgan fingerprint density at radius 3 is 2.47 bits per heavy atom. The van der Waals surface area contributed by atoms with Gasteiger partial charge in [0.05, 0.1) is 5.54 Å². The molecule has 0 bridgehead atoms. The minimum atomic E-state index is -4.14. The van der Waals surface area contributed by atoms with E-state index in [1.165, 1.54) is 0 Å². The Hall–Kier alpha value is 0.410. The van der Waals surface area contributed by atoms with Gasteiger partial charge < -0.3 is 0 Å². The Labute approximate surface area is 128 Å². The van der Waals surface area contributed by atoms with Crippen molar-refractivity contribution in [2.45, 2.75) is 48.4 Å². The van der Waals surface area contributed by atoms with Gasteiger partial charge in [-0.25, -0.2) is 0 Å². The molecule has 0 heterocycles. The second kappa shape index (κ2) is 6.45. The van der Waals surface area contributed by atoms with Gasteiger partial charge in [0.1, 0.15) is 6.61 Å². The molecule has 1 unspecified atom stereocenters. The van der Waals surface area contributed by atoms with Crippen molar-refractivity contribution < 1.29 is 17.4 Å². The molecule has 0 aromatic rings. The van der Waals surface area contributed by atoms with Gasteiger partial charge >= 0.3 is 10.3 Å². The lowest BCUT2D eigenvalue weighted by atomic mass is 9.79. The first-order chi connectivity index (χ1) is 8.60. The monoisotopic (exact) mass is 351 g/mol. The van der Waals surface area contributed by atoms with Gasteiger partial charge in [-0.05, 0) is 19.3 Å². The van der Waals surface area contributed by atoms with E-state index in [4.69, 9.17) is 34.8 Å². The zero-order chi connectivity index (χ0) is 14.7. The maximum atomic E-state index is 12.0. The Morgan fingerprint density at radius 1 is 1.37 bits per heavy atom. The third-order valence-corrected chi connectivity index (χ3v) is 4.49. The van der Waals surface area contributed by atoms with Crippen molar-refractivity contribution in [2.75, 3.05) is 6.61 Å². The summed E-state index contributed by atoms with van der Waals surface area (Å²) in [6.07, 6.45) is 2.74. The highest BCUT2D eigenvalue weighted by atomic mass is 35.6. The number of carbonyl (C=O) groups is 1. The second-order valence-electron chi connectivity index (χ2n) is 4.50. The minimum absolute atomic E-state index is 0.123. The second-order valence-corrected chi connectivity index (χ2v) is 8.36. The molecule has 19 heavy (non-hydrogen) atoms. The zero-order valence-electron chi connectivity index (χ0n) is 10.4. The summed E-state index contributed by atoms with van der Waals surface area (Å²) in [4.78, 5) is 12.0. The zero-order valence-corrected chi connectivity index (χ0v) is 13.5. The number of alkyl halides is 3. The molecule has 1 aliphatic carbocycles. The summed E-state index contributed by atoms with van der Waals surface area (Å²) in [5.41, 5.74) is -1.09. The summed E-state index contributed by atoms with van der Waals surface area (Å²) in [5, 5.41) is 0. The number of carbonyl (C=O) groups excluding carboxylic acids is 1. The van der Waals surface area contributed by atoms with E-state index >= 15 is 0 Å². The first-order valence-electron chi connectivity index (χ1n) is 5.89. The van der Waals surface area contributed by atoms with Crippen molar-refractivity contribution in [1.82, 2.24) is 4.72 Å². The van der Waals surface area contributed by atoms with E-state index < -0.39 is 26.2 Å². The van der Waals surface area contributed by atoms with Crippen LogP contribution in [0.5, 0.6) is 0 Å². The highest BCUT2D eigenvalue weighted by Crippen LogP contribution is 2.30. The molecule has 0 aromatic heterocycles. The minimum Gasteiger partial charge on any atom is -0.298 e. The molecule has 5 nitrogen and oxygen atoms in total. The molecule has 112 valence electrons. The van der Waals surface area contributed by atoms with Crippen LogP contribution in [0.1, 0.15) is 39.0 Å². The quantitative estimate of drug-likeness (QED) is 0.772. The van der Waals surface area contributed by atoms with E-state index in [1.54, 1.807) is 6.92 Å². The van der Waals surface area contributed by atoms with Crippen LogP contribution in [0.4, 0.5) is 0 Å². The Balaban J connectivity index is 2.77. The fourth-order valence-corrected chi connectivity index (χ4v) is 3.65. The van der Waals surface area contributed by atoms with E-state index in [2.05, 4.69) is 8.91 Å². The Kier molecular flexibility index (Phi) is 5.93. The lowest BCUT2D eigenvalue weighted by Gasteiger charge is -2.34. The van der Waals surface area contributed by atoms with Crippen molar-refractivity contribution in [3.05, 3.63) is 0 Å². The highest BCUT2D eigenvalue weighted by molar-refractivity contribution is 7.84. The van der Waals surface area contributed by atoms with Crippen LogP contribution in [-0.4, -0.2) is 30.1 Å². The maximum Gasteiger partial charge on any atom is 0.336 e. The molecule has 0 amide bonds. The lowest BCUT2D eigenvalue weighted by Crippen LogP contribution is -2.55. The summed E-state index contributed by atoms with van der Waals surface area (Å²) in [7, 11) is -4.14. The Bertz CT molecular complexity index is 435. The average Bonchev–Trinajstić information content (AvgIpc) is 2.29. The van der Waals surface area contributed by atoms with Crippen molar-refractivity contribution >= 4 is 50.9 Å². The molecule has 0 radical (unpaired) electrons. The number of ketones is 1. The number of rotatable bonds is 5. The van der Waals surface area contributed by atoms with Gasteiger partial charge in [0.15, 0.2) is 5.78 Å². The van der Waals surface area contributed by atoms with E-state index in [1.807, 2.05) is 0 Å². The number of Topliss-reactive ketones (excluding diaryl/α,β-unsaturated/α-hetero) is 1. The predicted molar refractivity (Wildman–Crippen MR) is 74.8 cm³/mol. The predicted octanol–water partition coefficient (Wildman–Crippen LogP) is 2.50. The topological polar surface area (TPSA) is 72.5 Å². The van der Waals surface area contributed by atoms with E-state index in [-0.39, 0.29) is 5.78 Å². The molecular weight excluding hydrogens is 337 g/mol. The molecule has 1 atom stereocenters. The van der Waals surface area contributed by atoms with Crippen LogP contribution in [0.2, 0.25) is 0 Å². The molecule has 0 aromatic carbocycles. The highest BCUT2D eigenvalue weighted by Gasteiger charge is 2.42. The summed E-state index contributed by atoms with van der Waals surface area (Å²) >= 11 is 16.3. The van der Waals surface area contributed by atoms with E-state index in [0.717, 1.165) is 12.8 Å². The largest absolute Gasteiger partial charge is 0.336 e. The van der Waals surface area contributed by atoms with E-state index in [0.29, 0.717) is 19.3 Å². The fourth-order valence-electron chi connectivity index (χ4n) is 2.06.